The van der Waals surface area contributed by atoms with Crippen molar-refractivity contribution < 1.29 is 0 Å². The average molecular weight is 112 g/mol. The Morgan fingerprint density at radius 2 is 2.00 bits per heavy atom. The van der Waals surface area contributed by atoms with Gasteiger partial charge in [-0.25, -0.2) is 0 Å². The van der Waals surface area contributed by atoms with Crippen LogP contribution in [0.25, 0.3) is 0 Å². The zero-order valence-corrected chi connectivity index (χ0v) is 5.72. The summed E-state index contributed by atoms with van der Waals surface area (Å²) >= 11 is 0. The van der Waals surface area contributed by atoms with Crippen LogP contribution in [0.3, 0.4) is 0 Å². The van der Waals surface area contributed by atoms with Crippen LogP contribution in [0.4, 0.5) is 0 Å². The van der Waals surface area contributed by atoms with Gasteiger partial charge in [-0.05, 0) is 26.7 Å². The molecule has 0 bridgehead atoms. The molecule has 8 heavy (non-hydrogen) atoms. The summed E-state index contributed by atoms with van der Waals surface area (Å²) in [6.45, 7) is 4.37. The Morgan fingerprint density at radius 1 is 1.50 bits per heavy atom. The quantitative estimate of drug-likeness (QED) is 0.525. The van der Waals surface area contributed by atoms with Gasteiger partial charge in [0.05, 0.1) is 0 Å². The van der Waals surface area contributed by atoms with Crippen LogP contribution in [-0.2, 0) is 0 Å². The molecule has 0 saturated heterocycles. The maximum atomic E-state index is 3.93. The average Bonchev–Trinajstić information content (AvgIpc) is 2.43. The highest BCUT2D eigenvalue weighted by atomic mass is 15.2. The lowest BCUT2D eigenvalue weighted by Gasteiger charge is -2.19. The van der Waals surface area contributed by atoms with Crippen molar-refractivity contribution in [3.63, 3.8) is 0 Å². The van der Waals surface area contributed by atoms with Crippen LogP contribution < -0.4 is 0 Å². The topological polar surface area (TPSA) is 3.24 Å². The van der Waals surface area contributed by atoms with E-state index in [4.69, 9.17) is 0 Å². The van der Waals surface area contributed by atoms with Gasteiger partial charge >= 0.3 is 0 Å². The smallest absolute Gasteiger partial charge is 0.0115 e. The molecule has 0 aromatic carbocycles. The van der Waals surface area contributed by atoms with E-state index in [0.717, 1.165) is 6.04 Å². The highest BCUT2D eigenvalue weighted by molar-refractivity contribution is 4.85. The number of rotatable bonds is 2. The Morgan fingerprint density at radius 3 is 2.12 bits per heavy atom. The van der Waals surface area contributed by atoms with Gasteiger partial charge in [-0.1, -0.05) is 0 Å². The predicted molar refractivity (Wildman–Crippen MR) is 35.4 cm³/mol. The first-order valence-corrected chi connectivity index (χ1v) is 3.30. The van der Waals surface area contributed by atoms with E-state index in [1.165, 1.54) is 12.8 Å². The maximum Gasteiger partial charge on any atom is 0.0115 e. The minimum absolute atomic E-state index is 0.627. The third kappa shape index (κ3) is 1.22. The second kappa shape index (κ2) is 2.06. The van der Waals surface area contributed by atoms with E-state index in [1.54, 1.807) is 0 Å². The molecule has 1 nitrogen and oxygen atoms in total. The fourth-order valence-corrected chi connectivity index (χ4v) is 0.828. The van der Waals surface area contributed by atoms with Crippen LogP contribution in [0, 0.1) is 7.05 Å². The van der Waals surface area contributed by atoms with Crippen LogP contribution in [0.2, 0.25) is 0 Å². The second-order valence-electron chi connectivity index (χ2n) is 2.84. The summed E-state index contributed by atoms with van der Waals surface area (Å²) < 4.78 is 0. The van der Waals surface area contributed by atoms with E-state index in [0.29, 0.717) is 6.04 Å². The first kappa shape index (κ1) is 6.09. The minimum atomic E-state index is 0.627. The summed E-state index contributed by atoms with van der Waals surface area (Å²) in [6, 6.07) is 1.44. The van der Waals surface area contributed by atoms with Crippen molar-refractivity contribution in [2.45, 2.75) is 38.8 Å². The van der Waals surface area contributed by atoms with E-state index in [2.05, 4.69) is 25.8 Å². The van der Waals surface area contributed by atoms with Crippen LogP contribution >= 0.6 is 0 Å². The first-order valence-electron chi connectivity index (χ1n) is 3.30. The summed E-state index contributed by atoms with van der Waals surface area (Å²) in [4.78, 5) is 2.19. The Kier molecular flexibility index (Phi) is 1.57. The van der Waals surface area contributed by atoms with Crippen molar-refractivity contribution in [2.75, 3.05) is 0 Å². The molecule has 0 atom stereocenters. The maximum absolute atomic E-state index is 3.93. The standard InChI is InChI=1S/C7H14N/c1-6(2)8(3)7-4-5-7/h6-7H,3-5H2,1-2H3. The lowest BCUT2D eigenvalue weighted by molar-refractivity contribution is 0.296. The second-order valence-corrected chi connectivity index (χ2v) is 2.84. The summed E-state index contributed by atoms with van der Waals surface area (Å²) in [5.41, 5.74) is 0. The molecule has 0 amide bonds. The summed E-state index contributed by atoms with van der Waals surface area (Å²) in [6.07, 6.45) is 2.73. The molecule has 1 saturated carbocycles. The van der Waals surface area contributed by atoms with Gasteiger partial charge in [-0.15, -0.1) is 0 Å². The molecule has 1 fully saturated rings. The summed E-state index contributed by atoms with van der Waals surface area (Å²) in [5.74, 6) is 0. The molecule has 47 valence electrons. The van der Waals surface area contributed by atoms with Gasteiger partial charge in [0.1, 0.15) is 0 Å². The van der Waals surface area contributed by atoms with Crippen molar-refractivity contribution >= 4 is 0 Å². The molecule has 1 rings (SSSR count). The third-order valence-electron chi connectivity index (χ3n) is 1.68. The van der Waals surface area contributed by atoms with Gasteiger partial charge in [0.25, 0.3) is 0 Å². The van der Waals surface area contributed by atoms with Gasteiger partial charge in [0.15, 0.2) is 0 Å². The molecule has 0 heterocycles. The summed E-state index contributed by atoms with van der Waals surface area (Å²) in [5, 5.41) is 0. The summed E-state index contributed by atoms with van der Waals surface area (Å²) in [7, 11) is 3.93. The van der Waals surface area contributed by atoms with Gasteiger partial charge in [0.2, 0.25) is 0 Å². The SMILES string of the molecule is [CH2]N(C(C)C)C1CC1. The first-order chi connectivity index (χ1) is 3.72. The Balaban J connectivity index is 2.22. The molecule has 0 aliphatic heterocycles. The molecule has 1 radical (unpaired) electrons. The molecule has 1 heteroatoms. The van der Waals surface area contributed by atoms with Crippen LogP contribution in [-0.4, -0.2) is 17.0 Å². The van der Waals surface area contributed by atoms with Crippen molar-refractivity contribution in [3.05, 3.63) is 7.05 Å². The van der Waals surface area contributed by atoms with Gasteiger partial charge in [-0.3, -0.25) is 4.90 Å². The molecule has 1 aliphatic rings. The zero-order chi connectivity index (χ0) is 6.15. The lowest BCUT2D eigenvalue weighted by atomic mass is 10.3. The molecular formula is C7H14N. The predicted octanol–water partition coefficient (Wildman–Crippen LogP) is 1.65. The normalized spacial score (nSPS) is 20.6. The number of hydrogen-bond donors (Lipinski definition) is 0. The van der Waals surface area contributed by atoms with Crippen molar-refractivity contribution in [1.29, 1.82) is 0 Å². The van der Waals surface area contributed by atoms with E-state index in [9.17, 15) is 0 Å². The molecule has 0 spiro atoms. The fraction of sp³-hybridized carbons (Fsp3) is 0.857. The van der Waals surface area contributed by atoms with Gasteiger partial charge < -0.3 is 0 Å². The van der Waals surface area contributed by atoms with Gasteiger partial charge in [-0.2, -0.15) is 0 Å². The Hall–Kier alpha value is -0.0400. The molecule has 0 aromatic heterocycles. The highest BCUT2D eigenvalue weighted by Crippen LogP contribution is 2.27. The van der Waals surface area contributed by atoms with Crippen molar-refractivity contribution in [3.8, 4) is 0 Å². The van der Waals surface area contributed by atoms with E-state index in [-0.39, 0.29) is 0 Å². The number of nitrogens with zero attached hydrogens (tertiary/aromatic N) is 1. The lowest BCUT2D eigenvalue weighted by Crippen LogP contribution is -2.25. The molecule has 0 unspecified atom stereocenters. The molecule has 0 aromatic rings. The van der Waals surface area contributed by atoms with E-state index in [1.807, 2.05) is 0 Å². The zero-order valence-electron chi connectivity index (χ0n) is 5.72. The van der Waals surface area contributed by atoms with E-state index < -0.39 is 0 Å². The van der Waals surface area contributed by atoms with Crippen LogP contribution in [0.15, 0.2) is 0 Å². The van der Waals surface area contributed by atoms with Crippen molar-refractivity contribution in [2.24, 2.45) is 0 Å². The van der Waals surface area contributed by atoms with E-state index >= 15 is 0 Å². The van der Waals surface area contributed by atoms with Crippen molar-refractivity contribution in [1.82, 2.24) is 4.90 Å². The van der Waals surface area contributed by atoms with Crippen LogP contribution in [0.5, 0.6) is 0 Å². The number of hydrogen-bond acceptors (Lipinski definition) is 1. The monoisotopic (exact) mass is 112 g/mol. The fourth-order valence-electron chi connectivity index (χ4n) is 0.828. The Bertz CT molecular complexity index is 72.5. The molecule has 0 N–H and O–H groups in total. The molecular weight excluding hydrogens is 98.1 g/mol. The Labute approximate surface area is 51.7 Å². The minimum Gasteiger partial charge on any atom is -0.297 e. The van der Waals surface area contributed by atoms with Crippen LogP contribution in [0.1, 0.15) is 26.7 Å². The van der Waals surface area contributed by atoms with Gasteiger partial charge in [0, 0.05) is 19.1 Å². The molecule has 1 aliphatic carbocycles. The highest BCUT2D eigenvalue weighted by Gasteiger charge is 2.27. The largest absolute Gasteiger partial charge is 0.297 e. The third-order valence-corrected chi connectivity index (χ3v) is 1.68.